The van der Waals surface area contributed by atoms with Crippen LogP contribution in [0.4, 0.5) is 4.79 Å². The number of fused-ring (bicyclic) bond motifs is 1. The Balaban J connectivity index is 1.38. The molecule has 0 spiro atoms. The number of ether oxygens (including phenoxy) is 6. The molecular formula is C32H51ClN2O9S. The van der Waals surface area contributed by atoms with Gasteiger partial charge in [0, 0.05) is 31.3 Å². The first-order valence-electron chi connectivity index (χ1n) is 16.5. The molecule has 0 aliphatic carbocycles. The normalized spacial score (nSPS) is 25.6. The van der Waals surface area contributed by atoms with Crippen molar-refractivity contribution in [1.29, 1.82) is 0 Å². The molecule has 1 N–H and O–H groups in total. The van der Waals surface area contributed by atoms with Gasteiger partial charge < -0.3 is 28.4 Å². The monoisotopic (exact) mass is 674 g/mol. The van der Waals surface area contributed by atoms with Crippen molar-refractivity contribution in [3.05, 3.63) is 29.3 Å². The van der Waals surface area contributed by atoms with Gasteiger partial charge in [-0.3, -0.25) is 4.90 Å². The van der Waals surface area contributed by atoms with Gasteiger partial charge in [-0.2, -0.15) is 0 Å². The summed E-state index contributed by atoms with van der Waals surface area (Å²) in [5.41, 5.74) is 0. The molecule has 3 aliphatic rings. The Morgan fingerprint density at radius 3 is 2.27 bits per heavy atom. The van der Waals surface area contributed by atoms with Crippen molar-refractivity contribution < 1.29 is 41.6 Å². The van der Waals surface area contributed by atoms with Gasteiger partial charge >= 0.3 is 6.09 Å². The zero-order chi connectivity index (χ0) is 32.3. The summed E-state index contributed by atoms with van der Waals surface area (Å²) < 4.78 is 64.0. The van der Waals surface area contributed by atoms with E-state index >= 15 is 0 Å². The molecule has 256 valence electrons. The molecule has 0 bridgehead atoms. The van der Waals surface area contributed by atoms with Crippen molar-refractivity contribution in [3.63, 3.8) is 0 Å². The number of morpholine rings is 1. The third-order valence-electron chi connectivity index (χ3n) is 8.34. The van der Waals surface area contributed by atoms with Gasteiger partial charge in [-0.1, -0.05) is 76.3 Å². The second kappa shape index (κ2) is 17.6. The number of nitrogens with zero attached hydrogens (tertiary/aromatic N) is 1. The van der Waals surface area contributed by atoms with Crippen molar-refractivity contribution in [1.82, 2.24) is 9.62 Å². The first kappa shape index (κ1) is 36.3. The summed E-state index contributed by atoms with van der Waals surface area (Å²) in [6.07, 6.45) is 7.58. The highest BCUT2D eigenvalue weighted by molar-refractivity contribution is 7.90. The number of amides is 1. The van der Waals surface area contributed by atoms with Crippen LogP contribution >= 0.6 is 11.6 Å². The molecule has 0 aromatic heterocycles. The molecule has 5 atom stereocenters. The number of hydrogen-bond donors (Lipinski definition) is 1. The van der Waals surface area contributed by atoms with Gasteiger partial charge in [0.15, 0.2) is 12.1 Å². The molecule has 3 fully saturated rings. The standard InChI is InChI=1S/C32H51ClN2O9S/c1-4-5-6-7-8-9-10-11-12-13-20-40-28-27(42-30-29(28)43-32(2,3)44-30)26(23-35-18-21-39-22-19-35)41-31(36)34-45(37,38)25-16-14-24(33)15-17-25/h14-17,26-30H,4-13,18-23H2,1-3H3,(H,34,36)/t26-,27-,28+,29-,30-/m1/s1. The molecular weight excluding hydrogens is 624 g/mol. The van der Waals surface area contributed by atoms with E-state index in [1.807, 2.05) is 18.6 Å². The van der Waals surface area contributed by atoms with Crippen LogP contribution in [0.5, 0.6) is 0 Å². The van der Waals surface area contributed by atoms with E-state index < -0.39 is 52.6 Å². The fourth-order valence-corrected chi connectivity index (χ4v) is 7.00. The molecule has 45 heavy (non-hydrogen) atoms. The molecule has 13 heteroatoms. The fourth-order valence-electron chi connectivity index (χ4n) is 5.99. The third kappa shape index (κ3) is 11.3. The number of rotatable bonds is 18. The number of sulfonamides is 1. The molecule has 11 nitrogen and oxygen atoms in total. The lowest BCUT2D eigenvalue weighted by Gasteiger charge is -2.35. The van der Waals surface area contributed by atoms with Gasteiger partial charge in [-0.05, 0) is 44.5 Å². The Morgan fingerprint density at radius 1 is 1.00 bits per heavy atom. The molecule has 0 unspecified atom stereocenters. The predicted octanol–water partition coefficient (Wildman–Crippen LogP) is 5.64. The number of carbonyl (C=O) groups excluding carboxylic acids is 1. The van der Waals surface area contributed by atoms with Crippen LogP contribution < -0.4 is 4.72 Å². The second-order valence-corrected chi connectivity index (χ2v) is 14.6. The van der Waals surface area contributed by atoms with Gasteiger partial charge in [0.05, 0.1) is 18.1 Å². The SMILES string of the molecule is CCCCCCCCCCCCO[C@@H]1[C@H]2OC(C)(C)O[C@H]2O[C@@H]1[C@@H](CN1CCOCC1)OC(=O)NS(=O)(=O)c1ccc(Cl)cc1. The Hall–Kier alpha value is -1.51. The van der Waals surface area contributed by atoms with Crippen LogP contribution in [0.1, 0.15) is 85.0 Å². The van der Waals surface area contributed by atoms with Crippen molar-refractivity contribution in [3.8, 4) is 0 Å². The maximum Gasteiger partial charge on any atom is 0.421 e. The number of unbranched alkanes of at least 4 members (excludes halogenated alkanes) is 9. The molecule has 4 rings (SSSR count). The molecule has 1 aromatic carbocycles. The molecule has 3 saturated heterocycles. The third-order valence-corrected chi connectivity index (χ3v) is 9.92. The number of halogens is 1. The summed E-state index contributed by atoms with van der Waals surface area (Å²) in [6, 6.07) is 5.51. The highest BCUT2D eigenvalue weighted by atomic mass is 35.5. The lowest BCUT2D eigenvalue weighted by molar-refractivity contribution is -0.230. The van der Waals surface area contributed by atoms with E-state index in [2.05, 4.69) is 11.8 Å². The largest absolute Gasteiger partial charge is 0.441 e. The van der Waals surface area contributed by atoms with Gasteiger partial charge in [0.2, 0.25) is 0 Å². The molecule has 0 radical (unpaired) electrons. The van der Waals surface area contributed by atoms with E-state index in [9.17, 15) is 13.2 Å². The first-order valence-corrected chi connectivity index (χ1v) is 18.4. The smallest absolute Gasteiger partial charge is 0.421 e. The van der Waals surface area contributed by atoms with Crippen LogP contribution in [0.3, 0.4) is 0 Å². The highest BCUT2D eigenvalue weighted by Gasteiger charge is 2.58. The first-order chi connectivity index (χ1) is 21.6. The van der Waals surface area contributed by atoms with Crippen molar-refractivity contribution in [2.75, 3.05) is 39.5 Å². The Morgan fingerprint density at radius 2 is 1.62 bits per heavy atom. The minimum absolute atomic E-state index is 0.109. The molecule has 1 amide bonds. The number of benzene rings is 1. The Kier molecular flexibility index (Phi) is 14.2. The van der Waals surface area contributed by atoms with Crippen molar-refractivity contribution >= 4 is 27.7 Å². The summed E-state index contributed by atoms with van der Waals surface area (Å²) in [6.45, 7) is 9.01. The number of carbonyl (C=O) groups is 1. The summed E-state index contributed by atoms with van der Waals surface area (Å²) >= 11 is 5.90. The van der Waals surface area contributed by atoms with E-state index in [-0.39, 0.29) is 4.90 Å². The minimum atomic E-state index is -4.19. The summed E-state index contributed by atoms with van der Waals surface area (Å²) in [5, 5.41) is 0.377. The minimum Gasteiger partial charge on any atom is -0.441 e. The van der Waals surface area contributed by atoms with Gasteiger partial charge in [0.25, 0.3) is 10.0 Å². The van der Waals surface area contributed by atoms with E-state index in [1.165, 1.54) is 69.2 Å². The average molecular weight is 675 g/mol. The lowest BCUT2D eigenvalue weighted by Crippen LogP contribution is -2.52. The number of nitrogens with one attached hydrogen (secondary N) is 1. The molecule has 0 saturated carbocycles. The Bertz CT molecular complexity index is 1150. The predicted molar refractivity (Wildman–Crippen MR) is 170 cm³/mol. The van der Waals surface area contributed by atoms with E-state index in [0.29, 0.717) is 44.5 Å². The van der Waals surface area contributed by atoms with Crippen LogP contribution in [0.2, 0.25) is 5.02 Å². The van der Waals surface area contributed by atoms with Crippen molar-refractivity contribution in [2.45, 2.75) is 126 Å². The fraction of sp³-hybridized carbons (Fsp3) is 0.781. The summed E-state index contributed by atoms with van der Waals surface area (Å²) in [5.74, 6) is -0.858. The van der Waals surface area contributed by atoms with Gasteiger partial charge in [-0.15, -0.1) is 0 Å². The lowest BCUT2D eigenvalue weighted by atomic mass is 10.0. The van der Waals surface area contributed by atoms with E-state index in [0.717, 1.165) is 19.3 Å². The van der Waals surface area contributed by atoms with E-state index in [1.54, 1.807) is 0 Å². The van der Waals surface area contributed by atoms with Crippen LogP contribution in [-0.4, -0.2) is 95.4 Å². The van der Waals surface area contributed by atoms with E-state index in [4.69, 9.17) is 40.0 Å². The second-order valence-electron chi connectivity index (χ2n) is 12.5. The highest BCUT2D eigenvalue weighted by Crippen LogP contribution is 2.40. The molecule has 1 aromatic rings. The van der Waals surface area contributed by atoms with Crippen LogP contribution in [-0.2, 0) is 38.4 Å². The zero-order valence-corrected chi connectivity index (χ0v) is 28.5. The van der Waals surface area contributed by atoms with Crippen LogP contribution in [0, 0.1) is 0 Å². The number of hydrogen-bond acceptors (Lipinski definition) is 10. The van der Waals surface area contributed by atoms with Gasteiger partial charge in [0.1, 0.15) is 24.4 Å². The average Bonchev–Trinajstić information content (AvgIpc) is 3.47. The van der Waals surface area contributed by atoms with Crippen LogP contribution in [0.25, 0.3) is 0 Å². The topological polar surface area (TPSA) is 122 Å². The molecule has 3 aliphatic heterocycles. The summed E-state index contributed by atoms with van der Waals surface area (Å²) in [7, 11) is -4.19. The maximum atomic E-state index is 13.1. The molecule has 3 heterocycles. The van der Waals surface area contributed by atoms with Crippen molar-refractivity contribution in [2.24, 2.45) is 0 Å². The summed E-state index contributed by atoms with van der Waals surface area (Å²) in [4.78, 5) is 15.1. The zero-order valence-electron chi connectivity index (χ0n) is 26.9. The quantitative estimate of drug-likeness (QED) is 0.196. The maximum absolute atomic E-state index is 13.1. The Labute approximate surface area is 273 Å². The van der Waals surface area contributed by atoms with Crippen LogP contribution in [0.15, 0.2) is 29.2 Å². The van der Waals surface area contributed by atoms with Gasteiger partial charge in [-0.25, -0.2) is 17.9 Å².